The van der Waals surface area contributed by atoms with Crippen molar-refractivity contribution in [3.63, 3.8) is 0 Å². The molecule has 0 spiro atoms. The van der Waals surface area contributed by atoms with Gasteiger partial charge in [-0.3, -0.25) is 4.79 Å². The summed E-state index contributed by atoms with van der Waals surface area (Å²) < 4.78 is 17.9. The number of hydrogen-bond donors (Lipinski definition) is 2. The van der Waals surface area contributed by atoms with Gasteiger partial charge in [-0.1, -0.05) is 12.1 Å². The van der Waals surface area contributed by atoms with E-state index >= 15 is 0 Å². The van der Waals surface area contributed by atoms with Crippen LogP contribution in [0.3, 0.4) is 0 Å². The summed E-state index contributed by atoms with van der Waals surface area (Å²) in [4.78, 5) is 11.8. The molecule has 2 aromatic carbocycles. The molecule has 5 heteroatoms. The molecule has 1 amide bonds. The second-order valence-corrected chi connectivity index (χ2v) is 4.11. The maximum atomic E-state index is 12.7. The van der Waals surface area contributed by atoms with Crippen molar-refractivity contribution in [1.82, 2.24) is 0 Å². The summed E-state index contributed by atoms with van der Waals surface area (Å²) in [6.45, 7) is 0.0950. The Morgan fingerprint density at radius 2 is 1.85 bits per heavy atom. The van der Waals surface area contributed by atoms with E-state index in [9.17, 15) is 9.18 Å². The van der Waals surface area contributed by atoms with Gasteiger partial charge in [-0.25, -0.2) is 4.39 Å². The molecule has 4 nitrogen and oxygen atoms in total. The third-order valence-electron chi connectivity index (χ3n) is 2.67. The Morgan fingerprint density at radius 1 is 1.15 bits per heavy atom. The van der Waals surface area contributed by atoms with Crippen LogP contribution in [0.5, 0.6) is 5.75 Å². The fourth-order valence-corrected chi connectivity index (χ4v) is 1.70. The fraction of sp³-hybridized carbons (Fsp3) is 0.133. The zero-order valence-corrected chi connectivity index (χ0v) is 11.0. The first-order valence-corrected chi connectivity index (χ1v) is 6.11. The predicted octanol–water partition coefficient (Wildman–Crippen LogP) is 2.88. The molecule has 0 aliphatic rings. The Morgan fingerprint density at radius 3 is 2.55 bits per heavy atom. The lowest BCUT2D eigenvalue weighted by Gasteiger charge is -2.11. The molecule has 0 unspecified atom stereocenters. The lowest BCUT2D eigenvalue weighted by Crippen LogP contribution is -2.21. The summed E-state index contributed by atoms with van der Waals surface area (Å²) >= 11 is 0. The number of amides is 1. The number of para-hydroxylation sites is 2. The summed E-state index contributed by atoms with van der Waals surface area (Å²) in [5.41, 5.74) is 1.29. The van der Waals surface area contributed by atoms with Gasteiger partial charge in [0, 0.05) is 5.69 Å². The van der Waals surface area contributed by atoms with Gasteiger partial charge >= 0.3 is 0 Å². The van der Waals surface area contributed by atoms with Crippen LogP contribution in [-0.4, -0.2) is 19.6 Å². The minimum absolute atomic E-state index is 0.0950. The highest BCUT2D eigenvalue weighted by Crippen LogP contribution is 2.22. The van der Waals surface area contributed by atoms with Gasteiger partial charge in [0.25, 0.3) is 0 Å². The van der Waals surface area contributed by atoms with Crippen molar-refractivity contribution < 1.29 is 13.9 Å². The van der Waals surface area contributed by atoms with Crippen molar-refractivity contribution in [2.24, 2.45) is 0 Å². The van der Waals surface area contributed by atoms with Crippen LogP contribution < -0.4 is 15.4 Å². The van der Waals surface area contributed by atoms with Crippen LogP contribution in [0.2, 0.25) is 0 Å². The first-order chi connectivity index (χ1) is 9.69. The van der Waals surface area contributed by atoms with Crippen molar-refractivity contribution >= 4 is 17.3 Å². The molecule has 2 N–H and O–H groups in total. The fourth-order valence-electron chi connectivity index (χ4n) is 1.70. The third-order valence-corrected chi connectivity index (χ3v) is 2.67. The van der Waals surface area contributed by atoms with E-state index in [0.717, 1.165) is 5.69 Å². The lowest BCUT2D eigenvalue weighted by atomic mass is 10.3. The molecule has 104 valence electrons. The summed E-state index contributed by atoms with van der Waals surface area (Å²) in [5.74, 6) is 0.111. The third kappa shape index (κ3) is 3.71. The number of halogens is 1. The number of carbonyl (C=O) groups excluding carboxylic acids is 1. The molecule has 0 aliphatic carbocycles. The van der Waals surface area contributed by atoms with Crippen LogP contribution in [0.15, 0.2) is 48.5 Å². The van der Waals surface area contributed by atoms with Crippen molar-refractivity contribution in [1.29, 1.82) is 0 Å². The minimum Gasteiger partial charge on any atom is -0.495 e. The number of rotatable bonds is 5. The van der Waals surface area contributed by atoms with Crippen molar-refractivity contribution in [2.45, 2.75) is 0 Å². The Hall–Kier alpha value is -2.56. The molecule has 2 aromatic rings. The largest absolute Gasteiger partial charge is 0.495 e. The molecule has 0 fully saturated rings. The average Bonchev–Trinajstić information content (AvgIpc) is 2.48. The number of methoxy groups -OCH3 is 1. The highest BCUT2D eigenvalue weighted by molar-refractivity contribution is 5.93. The zero-order valence-electron chi connectivity index (χ0n) is 11.0. The van der Waals surface area contributed by atoms with Gasteiger partial charge in [-0.2, -0.15) is 0 Å². The Bertz CT molecular complexity index is 585. The zero-order chi connectivity index (χ0) is 14.4. The molecule has 0 saturated carbocycles. The normalized spacial score (nSPS) is 9.90. The van der Waals surface area contributed by atoms with Gasteiger partial charge in [-0.15, -0.1) is 0 Å². The molecule has 0 saturated heterocycles. The Balaban J connectivity index is 1.90. The number of carbonyl (C=O) groups is 1. The van der Waals surface area contributed by atoms with Crippen molar-refractivity contribution in [2.75, 3.05) is 24.3 Å². The van der Waals surface area contributed by atoms with Crippen LogP contribution in [0.4, 0.5) is 15.8 Å². The van der Waals surface area contributed by atoms with Gasteiger partial charge < -0.3 is 15.4 Å². The predicted molar refractivity (Wildman–Crippen MR) is 76.5 cm³/mol. The van der Waals surface area contributed by atoms with Crippen LogP contribution in [0.25, 0.3) is 0 Å². The van der Waals surface area contributed by atoms with Gasteiger partial charge in [0.1, 0.15) is 11.6 Å². The number of ether oxygens (including phenoxy) is 1. The standard InChI is InChI=1S/C15H15FN2O2/c1-20-14-5-3-2-4-13(14)17-10-15(19)18-12-8-6-11(16)7-9-12/h2-9,17H,10H2,1H3,(H,18,19). The van der Waals surface area contributed by atoms with E-state index in [1.165, 1.54) is 24.3 Å². The summed E-state index contributed by atoms with van der Waals surface area (Å²) in [6, 6.07) is 12.9. The van der Waals surface area contributed by atoms with Crippen LogP contribution in [0, 0.1) is 5.82 Å². The van der Waals surface area contributed by atoms with Crippen molar-refractivity contribution in [3.05, 3.63) is 54.3 Å². The summed E-state index contributed by atoms with van der Waals surface area (Å²) in [5, 5.41) is 5.65. The van der Waals surface area contributed by atoms with E-state index in [4.69, 9.17) is 4.74 Å². The molecule has 2 rings (SSSR count). The van der Waals surface area contributed by atoms with E-state index < -0.39 is 0 Å². The second kappa shape index (κ2) is 6.56. The van der Waals surface area contributed by atoms with Gasteiger partial charge in [-0.05, 0) is 36.4 Å². The van der Waals surface area contributed by atoms with Crippen molar-refractivity contribution in [3.8, 4) is 5.75 Å². The van der Waals surface area contributed by atoms with Crippen LogP contribution in [-0.2, 0) is 4.79 Å². The topological polar surface area (TPSA) is 50.4 Å². The molecule has 0 aromatic heterocycles. The molecule has 0 aliphatic heterocycles. The molecular weight excluding hydrogens is 259 g/mol. The minimum atomic E-state index is -0.338. The highest BCUT2D eigenvalue weighted by atomic mass is 19.1. The van der Waals surface area contributed by atoms with Crippen LogP contribution >= 0.6 is 0 Å². The highest BCUT2D eigenvalue weighted by Gasteiger charge is 2.05. The van der Waals surface area contributed by atoms with Crippen LogP contribution in [0.1, 0.15) is 0 Å². The molecule has 0 bridgehead atoms. The molecular formula is C15H15FN2O2. The summed E-state index contributed by atoms with van der Waals surface area (Å²) in [7, 11) is 1.57. The maximum Gasteiger partial charge on any atom is 0.243 e. The molecule has 20 heavy (non-hydrogen) atoms. The van der Waals surface area contributed by atoms with Gasteiger partial charge in [0.15, 0.2) is 0 Å². The molecule has 0 heterocycles. The van der Waals surface area contributed by atoms with Gasteiger partial charge in [0.2, 0.25) is 5.91 Å². The van der Waals surface area contributed by atoms with E-state index in [-0.39, 0.29) is 18.3 Å². The molecule has 0 radical (unpaired) electrons. The number of hydrogen-bond acceptors (Lipinski definition) is 3. The number of anilines is 2. The Kier molecular flexibility index (Phi) is 4.55. The number of nitrogens with one attached hydrogen (secondary N) is 2. The van der Waals surface area contributed by atoms with E-state index in [1.807, 2.05) is 18.2 Å². The average molecular weight is 274 g/mol. The maximum absolute atomic E-state index is 12.7. The smallest absolute Gasteiger partial charge is 0.243 e. The first-order valence-electron chi connectivity index (χ1n) is 6.11. The van der Waals surface area contributed by atoms with Gasteiger partial charge in [0.05, 0.1) is 19.3 Å². The quantitative estimate of drug-likeness (QED) is 0.881. The second-order valence-electron chi connectivity index (χ2n) is 4.11. The number of benzene rings is 2. The summed E-state index contributed by atoms with van der Waals surface area (Å²) in [6.07, 6.45) is 0. The molecule has 0 atom stereocenters. The lowest BCUT2D eigenvalue weighted by molar-refractivity contribution is -0.114. The SMILES string of the molecule is COc1ccccc1NCC(=O)Nc1ccc(F)cc1. The van der Waals surface area contributed by atoms with E-state index in [1.54, 1.807) is 13.2 Å². The Labute approximate surface area is 116 Å². The van der Waals surface area contributed by atoms with E-state index in [2.05, 4.69) is 10.6 Å². The first kappa shape index (κ1) is 13.9. The monoisotopic (exact) mass is 274 g/mol. The van der Waals surface area contributed by atoms with E-state index in [0.29, 0.717) is 11.4 Å².